The molecule has 0 bridgehead atoms. The molecule has 1 aromatic heterocycles. The Morgan fingerprint density at radius 3 is 2.22 bits per heavy atom. The predicted molar refractivity (Wildman–Crippen MR) is 143 cm³/mol. The van der Waals surface area contributed by atoms with Crippen LogP contribution >= 0.6 is 0 Å². The van der Waals surface area contributed by atoms with Gasteiger partial charge in [0.2, 0.25) is 11.2 Å². The normalized spacial score (nSPS) is 11.0. The van der Waals surface area contributed by atoms with Gasteiger partial charge in [-0.1, -0.05) is 84.9 Å². The molecule has 6 rings (SSSR count). The van der Waals surface area contributed by atoms with E-state index in [1.165, 1.54) is 11.6 Å². The molecule has 5 aromatic carbocycles. The van der Waals surface area contributed by atoms with Crippen molar-refractivity contribution in [2.45, 2.75) is 6.61 Å². The lowest BCUT2D eigenvalue weighted by molar-refractivity contribution is 0.307. The van der Waals surface area contributed by atoms with Crippen molar-refractivity contribution in [3.63, 3.8) is 0 Å². The first-order chi connectivity index (χ1) is 17.7. The average Bonchev–Trinajstić information content (AvgIpc) is 2.94. The highest BCUT2D eigenvalue weighted by molar-refractivity contribution is 5.85. The summed E-state index contributed by atoms with van der Waals surface area (Å²) in [6, 6.07) is 37.3. The van der Waals surface area contributed by atoms with Crippen LogP contribution in [0.15, 0.2) is 131 Å². The number of hydrogen-bond donors (Lipinski definition) is 0. The lowest BCUT2D eigenvalue weighted by atomic mass is 10.1. The van der Waals surface area contributed by atoms with Gasteiger partial charge in [-0.3, -0.25) is 4.79 Å². The van der Waals surface area contributed by atoms with E-state index in [0.717, 1.165) is 22.1 Å². The van der Waals surface area contributed by atoms with Gasteiger partial charge in [0.15, 0.2) is 0 Å². The van der Waals surface area contributed by atoms with Crippen molar-refractivity contribution >= 4 is 21.7 Å². The van der Waals surface area contributed by atoms with Crippen LogP contribution in [-0.2, 0) is 6.61 Å². The van der Waals surface area contributed by atoms with Crippen LogP contribution in [0.5, 0.6) is 17.2 Å². The smallest absolute Gasteiger partial charge is 0.235 e. The maximum Gasteiger partial charge on any atom is 0.235 e. The summed E-state index contributed by atoms with van der Waals surface area (Å²) in [5, 5.41) is 2.77. The summed E-state index contributed by atoms with van der Waals surface area (Å²) in [6.45, 7) is 0.414. The Hall–Kier alpha value is -4.83. The first kappa shape index (κ1) is 21.7. The van der Waals surface area contributed by atoms with E-state index in [0.29, 0.717) is 29.1 Å². The average molecular weight is 471 g/mol. The van der Waals surface area contributed by atoms with E-state index in [4.69, 9.17) is 13.9 Å². The Morgan fingerprint density at radius 1 is 0.639 bits per heavy atom. The van der Waals surface area contributed by atoms with Crippen LogP contribution in [0.1, 0.15) is 5.56 Å². The number of fused-ring (bicyclic) bond motifs is 2. The minimum Gasteiger partial charge on any atom is -0.489 e. The summed E-state index contributed by atoms with van der Waals surface area (Å²) in [5.41, 5.74) is 3.50. The molecule has 0 fully saturated rings. The largest absolute Gasteiger partial charge is 0.489 e. The van der Waals surface area contributed by atoms with Gasteiger partial charge in [-0.25, -0.2) is 0 Å². The molecular weight excluding hydrogens is 448 g/mol. The zero-order valence-electron chi connectivity index (χ0n) is 19.4. The Morgan fingerprint density at radius 2 is 1.36 bits per heavy atom. The number of hydrogen-bond acceptors (Lipinski definition) is 4. The molecule has 0 aliphatic carbocycles. The van der Waals surface area contributed by atoms with E-state index in [2.05, 4.69) is 24.3 Å². The van der Waals surface area contributed by atoms with Crippen LogP contribution in [-0.4, -0.2) is 0 Å². The molecule has 1 heterocycles. The Kier molecular flexibility index (Phi) is 5.68. The maximum atomic E-state index is 13.0. The third-order valence-electron chi connectivity index (χ3n) is 6.18. The third kappa shape index (κ3) is 4.32. The van der Waals surface area contributed by atoms with Gasteiger partial charge in [0.05, 0.1) is 5.39 Å². The van der Waals surface area contributed by atoms with Gasteiger partial charge in [-0.2, -0.15) is 0 Å². The molecule has 0 aliphatic rings. The van der Waals surface area contributed by atoms with E-state index in [1.807, 2.05) is 72.8 Å². The summed E-state index contributed by atoms with van der Waals surface area (Å²) in [4.78, 5) is 13.0. The summed E-state index contributed by atoms with van der Waals surface area (Å²) < 4.78 is 17.6. The van der Waals surface area contributed by atoms with Crippen LogP contribution < -0.4 is 14.9 Å². The van der Waals surface area contributed by atoms with Crippen molar-refractivity contribution in [1.29, 1.82) is 0 Å². The quantitative estimate of drug-likeness (QED) is 0.248. The van der Waals surface area contributed by atoms with E-state index in [9.17, 15) is 4.79 Å². The highest BCUT2D eigenvalue weighted by Crippen LogP contribution is 2.27. The first-order valence-corrected chi connectivity index (χ1v) is 11.7. The van der Waals surface area contributed by atoms with Gasteiger partial charge in [-0.15, -0.1) is 0 Å². The molecule has 4 heteroatoms. The molecule has 174 valence electrons. The highest BCUT2D eigenvalue weighted by Gasteiger charge is 2.11. The number of benzene rings is 5. The SMILES string of the molecule is O=c1c(Oc2ccc(-c3ccccc3)cc2)coc2cc(OCc3cccc4ccccc34)ccc12. The fourth-order valence-electron chi connectivity index (χ4n) is 4.30. The van der Waals surface area contributed by atoms with Gasteiger partial charge in [-0.05, 0) is 51.7 Å². The summed E-state index contributed by atoms with van der Waals surface area (Å²) >= 11 is 0. The molecule has 0 amide bonds. The Balaban J connectivity index is 1.20. The standard InChI is InChI=1S/C32H22O4/c33-32-29-18-17-27(34-20-25-11-6-10-24-9-4-5-12-28(24)25)19-30(29)35-21-31(32)36-26-15-13-23(14-16-26)22-7-2-1-3-8-22/h1-19,21H,20H2. The molecule has 6 aromatic rings. The van der Waals surface area contributed by atoms with E-state index in [-0.39, 0.29) is 11.2 Å². The molecule has 0 saturated heterocycles. The lowest BCUT2D eigenvalue weighted by Crippen LogP contribution is -2.05. The fraction of sp³-hybridized carbons (Fsp3) is 0.0312. The van der Waals surface area contributed by atoms with Crippen molar-refractivity contribution in [2.24, 2.45) is 0 Å². The van der Waals surface area contributed by atoms with Gasteiger partial charge >= 0.3 is 0 Å². The van der Waals surface area contributed by atoms with Crippen LogP contribution in [0.3, 0.4) is 0 Å². The van der Waals surface area contributed by atoms with E-state index >= 15 is 0 Å². The molecule has 0 saturated carbocycles. The van der Waals surface area contributed by atoms with Crippen molar-refractivity contribution in [1.82, 2.24) is 0 Å². The molecule has 0 atom stereocenters. The van der Waals surface area contributed by atoms with Gasteiger partial charge in [0, 0.05) is 6.07 Å². The lowest BCUT2D eigenvalue weighted by Gasteiger charge is -2.10. The van der Waals surface area contributed by atoms with Crippen LogP contribution in [0.25, 0.3) is 32.9 Å². The molecular formula is C32H22O4. The second kappa shape index (κ2) is 9.43. The van der Waals surface area contributed by atoms with Crippen LogP contribution in [0, 0.1) is 0 Å². The van der Waals surface area contributed by atoms with Gasteiger partial charge < -0.3 is 13.9 Å². The molecule has 0 radical (unpaired) electrons. The monoisotopic (exact) mass is 470 g/mol. The molecule has 0 aliphatic heterocycles. The Labute approximate surface area is 208 Å². The second-order valence-electron chi connectivity index (χ2n) is 8.51. The first-order valence-electron chi connectivity index (χ1n) is 11.7. The minimum absolute atomic E-state index is 0.138. The minimum atomic E-state index is -0.232. The number of rotatable bonds is 6. The zero-order chi connectivity index (χ0) is 24.3. The number of ether oxygens (including phenoxy) is 2. The maximum absolute atomic E-state index is 13.0. The molecule has 0 unspecified atom stereocenters. The third-order valence-corrected chi connectivity index (χ3v) is 6.18. The van der Waals surface area contributed by atoms with Gasteiger partial charge in [0.1, 0.15) is 30.0 Å². The molecule has 4 nitrogen and oxygen atoms in total. The van der Waals surface area contributed by atoms with Crippen molar-refractivity contribution in [2.75, 3.05) is 0 Å². The van der Waals surface area contributed by atoms with Crippen molar-refractivity contribution < 1.29 is 13.9 Å². The second-order valence-corrected chi connectivity index (χ2v) is 8.51. The summed E-state index contributed by atoms with van der Waals surface area (Å²) in [6.07, 6.45) is 1.35. The molecule has 0 N–H and O–H groups in total. The summed E-state index contributed by atoms with van der Waals surface area (Å²) in [5.74, 6) is 1.33. The highest BCUT2D eigenvalue weighted by atomic mass is 16.5. The predicted octanol–water partition coefficient (Wildman–Crippen LogP) is 7.98. The van der Waals surface area contributed by atoms with E-state index < -0.39 is 0 Å². The fourth-order valence-corrected chi connectivity index (χ4v) is 4.30. The van der Waals surface area contributed by atoms with E-state index in [1.54, 1.807) is 18.2 Å². The van der Waals surface area contributed by atoms with Crippen LogP contribution in [0.2, 0.25) is 0 Å². The van der Waals surface area contributed by atoms with Crippen LogP contribution in [0.4, 0.5) is 0 Å². The topological polar surface area (TPSA) is 48.7 Å². The molecule has 0 spiro atoms. The zero-order valence-corrected chi connectivity index (χ0v) is 19.4. The summed E-state index contributed by atoms with van der Waals surface area (Å²) in [7, 11) is 0. The van der Waals surface area contributed by atoms with Gasteiger partial charge in [0.25, 0.3) is 0 Å². The van der Waals surface area contributed by atoms with Crippen molar-refractivity contribution in [3.8, 4) is 28.4 Å². The molecule has 36 heavy (non-hydrogen) atoms. The van der Waals surface area contributed by atoms with Crippen molar-refractivity contribution in [3.05, 3.63) is 137 Å². The Bertz CT molecular complexity index is 1710.